The molecule has 0 bridgehead atoms. The van der Waals surface area contributed by atoms with Gasteiger partial charge in [0.25, 0.3) is 0 Å². The van der Waals surface area contributed by atoms with Crippen LogP contribution in [0.25, 0.3) is 43.1 Å². The van der Waals surface area contributed by atoms with E-state index in [1.807, 2.05) is 30.3 Å². The van der Waals surface area contributed by atoms with E-state index in [0.717, 1.165) is 50.6 Å². The second-order valence-electron chi connectivity index (χ2n) is 8.75. The zero-order valence-corrected chi connectivity index (χ0v) is 20.6. The quantitative estimate of drug-likeness (QED) is 0.235. The number of fused-ring (bicyclic) bond motifs is 2. The number of thiazole rings is 1. The van der Waals surface area contributed by atoms with Gasteiger partial charge in [-0.05, 0) is 61.4 Å². The van der Waals surface area contributed by atoms with Crippen molar-refractivity contribution >= 4 is 38.2 Å². The Labute approximate surface area is 204 Å². The summed E-state index contributed by atoms with van der Waals surface area (Å²) in [5, 5.41) is 12.5. The van der Waals surface area contributed by atoms with Crippen LogP contribution in [0.2, 0.25) is 0 Å². The van der Waals surface area contributed by atoms with Crippen molar-refractivity contribution in [1.82, 2.24) is 4.98 Å². The summed E-state index contributed by atoms with van der Waals surface area (Å²) < 4.78 is 7.23. The van der Waals surface area contributed by atoms with E-state index in [4.69, 9.17) is 9.40 Å². The SMILES string of the molecule is CCCCN(CCCC)c1ccc(-c2cc3cc(-c4nc5ccccc5s4)c(O)cc3o2)cc1. The maximum Gasteiger partial charge on any atom is 0.138 e. The highest BCUT2D eigenvalue weighted by molar-refractivity contribution is 7.21. The van der Waals surface area contributed by atoms with Gasteiger partial charge < -0.3 is 14.4 Å². The normalized spacial score (nSPS) is 11.5. The van der Waals surface area contributed by atoms with Crippen molar-refractivity contribution in [2.45, 2.75) is 39.5 Å². The summed E-state index contributed by atoms with van der Waals surface area (Å²) in [4.78, 5) is 7.19. The molecule has 4 nitrogen and oxygen atoms in total. The molecule has 0 saturated heterocycles. The molecule has 174 valence electrons. The molecule has 0 fully saturated rings. The highest BCUT2D eigenvalue weighted by Crippen LogP contribution is 2.39. The number of unbranched alkanes of at least 4 members (excludes halogenated alkanes) is 2. The number of benzene rings is 3. The fourth-order valence-corrected chi connectivity index (χ4v) is 5.27. The molecule has 0 aliphatic rings. The number of phenolic OH excluding ortho intramolecular Hbond substituents is 1. The number of hydrogen-bond donors (Lipinski definition) is 1. The molecule has 5 aromatic rings. The Morgan fingerprint density at radius 1 is 0.912 bits per heavy atom. The van der Waals surface area contributed by atoms with Crippen LogP contribution < -0.4 is 4.90 Å². The number of para-hydroxylation sites is 1. The molecule has 5 heteroatoms. The summed E-state index contributed by atoms with van der Waals surface area (Å²) in [7, 11) is 0. The fraction of sp³-hybridized carbons (Fsp3) is 0.276. The number of hydrogen-bond acceptors (Lipinski definition) is 5. The minimum absolute atomic E-state index is 0.185. The molecule has 0 spiro atoms. The van der Waals surface area contributed by atoms with Gasteiger partial charge in [-0.25, -0.2) is 4.98 Å². The topological polar surface area (TPSA) is 49.5 Å². The Morgan fingerprint density at radius 3 is 2.35 bits per heavy atom. The Bertz CT molecular complexity index is 1360. The van der Waals surface area contributed by atoms with Crippen LogP contribution in [0.3, 0.4) is 0 Å². The first kappa shape index (κ1) is 22.5. The van der Waals surface area contributed by atoms with Crippen molar-refractivity contribution in [2.24, 2.45) is 0 Å². The van der Waals surface area contributed by atoms with Crippen LogP contribution in [0.15, 0.2) is 71.1 Å². The van der Waals surface area contributed by atoms with Crippen molar-refractivity contribution in [3.05, 3.63) is 66.7 Å². The van der Waals surface area contributed by atoms with E-state index in [1.54, 1.807) is 17.4 Å². The van der Waals surface area contributed by atoms with Crippen LogP contribution in [0.1, 0.15) is 39.5 Å². The summed E-state index contributed by atoms with van der Waals surface area (Å²) >= 11 is 1.59. The molecular weight excluding hydrogens is 440 g/mol. The molecule has 34 heavy (non-hydrogen) atoms. The summed E-state index contributed by atoms with van der Waals surface area (Å²) in [5.41, 5.74) is 4.65. The number of nitrogens with zero attached hydrogens (tertiary/aromatic N) is 2. The lowest BCUT2D eigenvalue weighted by Gasteiger charge is -2.24. The van der Waals surface area contributed by atoms with Gasteiger partial charge in [-0.1, -0.05) is 38.8 Å². The summed E-state index contributed by atoms with van der Waals surface area (Å²) in [5.74, 6) is 0.987. The monoisotopic (exact) mass is 470 g/mol. The number of phenols is 1. The van der Waals surface area contributed by atoms with Gasteiger partial charge in [0.2, 0.25) is 0 Å². The van der Waals surface area contributed by atoms with Gasteiger partial charge >= 0.3 is 0 Å². The van der Waals surface area contributed by atoms with E-state index < -0.39 is 0 Å². The molecule has 0 aliphatic heterocycles. The molecule has 5 rings (SSSR count). The van der Waals surface area contributed by atoms with Crippen LogP contribution in [-0.4, -0.2) is 23.2 Å². The van der Waals surface area contributed by atoms with Gasteiger partial charge in [0.1, 0.15) is 22.1 Å². The predicted octanol–water partition coefficient (Wildman–Crippen LogP) is 8.49. The third-order valence-electron chi connectivity index (χ3n) is 6.24. The number of rotatable bonds is 9. The Hall–Kier alpha value is -3.31. The largest absolute Gasteiger partial charge is 0.507 e. The molecule has 0 unspecified atom stereocenters. The summed E-state index contributed by atoms with van der Waals surface area (Å²) in [6.45, 7) is 6.66. The first-order valence-electron chi connectivity index (χ1n) is 12.1. The van der Waals surface area contributed by atoms with Gasteiger partial charge in [-0.2, -0.15) is 0 Å². The highest BCUT2D eigenvalue weighted by Gasteiger charge is 2.15. The van der Waals surface area contributed by atoms with E-state index in [0.29, 0.717) is 5.58 Å². The van der Waals surface area contributed by atoms with Crippen LogP contribution >= 0.6 is 11.3 Å². The average Bonchev–Trinajstić information content (AvgIpc) is 3.47. The molecular formula is C29H30N2O2S. The zero-order chi connectivity index (χ0) is 23.5. The van der Waals surface area contributed by atoms with Crippen LogP contribution in [0.5, 0.6) is 5.75 Å². The third-order valence-corrected chi connectivity index (χ3v) is 7.31. The van der Waals surface area contributed by atoms with Crippen LogP contribution in [-0.2, 0) is 0 Å². The Morgan fingerprint density at radius 2 is 1.65 bits per heavy atom. The minimum atomic E-state index is 0.185. The van der Waals surface area contributed by atoms with E-state index in [1.165, 1.54) is 31.4 Å². The molecule has 0 amide bonds. The lowest BCUT2D eigenvalue weighted by atomic mass is 10.1. The third kappa shape index (κ3) is 4.53. The first-order chi connectivity index (χ1) is 16.7. The Kier molecular flexibility index (Phi) is 6.54. The molecule has 2 aromatic heterocycles. The first-order valence-corrected chi connectivity index (χ1v) is 13.0. The van der Waals surface area contributed by atoms with E-state index in [-0.39, 0.29) is 5.75 Å². The number of aromatic nitrogens is 1. The van der Waals surface area contributed by atoms with Crippen molar-refractivity contribution in [1.29, 1.82) is 0 Å². The van der Waals surface area contributed by atoms with Crippen molar-refractivity contribution in [3.63, 3.8) is 0 Å². The van der Waals surface area contributed by atoms with E-state index in [9.17, 15) is 5.11 Å². The summed E-state index contributed by atoms with van der Waals surface area (Å²) in [6.07, 6.45) is 4.81. The number of anilines is 1. The maximum atomic E-state index is 10.7. The van der Waals surface area contributed by atoms with Gasteiger partial charge in [-0.15, -0.1) is 11.3 Å². The molecule has 0 aliphatic carbocycles. The van der Waals surface area contributed by atoms with Gasteiger partial charge in [0.05, 0.1) is 15.8 Å². The molecule has 2 heterocycles. The standard InChI is InChI=1S/C29H30N2O2S/c1-3-5-15-31(16-6-4-2)22-13-11-20(12-14-22)26-18-21-17-23(25(32)19-27(21)33-26)29-30-24-9-7-8-10-28(24)34-29/h7-14,17-19,32H,3-6,15-16H2,1-2H3. The van der Waals surface area contributed by atoms with Crippen LogP contribution in [0, 0.1) is 0 Å². The smallest absolute Gasteiger partial charge is 0.138 e. The maximum absolute atomic E-state index is 10.7. The van der Waals surface area contributed by atoms with E-state index >= 15 is 0 Å². The van der Waals surface area contributed by atoms with Crippen LogP contribution in [0.4, 0.5) is 5.69 Å². The van der Waals surface area contributed by atoms with E-state index in [2.05, 4.69) is 49.1 Å². The second-order valence-corrected chi connectivity index (χ2v) is 9.78. The molecule has 3 aromatic carbocycles. The lowest BCUT2D eigenvalue weighted by Crippen LogP contribution is -2.25. The number of furan rings is 1. The second kappa shape index (κ2) is 9.90. The fourth-order valence-electron chi connectivity index (χ4n) is 4.28. The van der Waals surface area contributed by atoms with Crippen molar-refractivity contribution in [3.8, 4) is 27.6 Å². The Balaban J connectivity index is 1.44. The van der Waals surface area contributed by atoms with Gasteiger partial charge in [0.15, 0.2) is 0 Å². The van der Waals surface area contributed by atoms with Crippen molar-refractivity contribution in [2.75, 3.05) is 18.0 Å². The molecule has 0 atom stereocenters. The lowest BCUT2D eigenvalue weighted by molar-refractivity contribution is 0.476. The van der Waals surface area contributed by atoms with Crippen molar-refractivity contribution < 1.29 is 9.52 Å². The predicted molar refractivity (Wildman–Crippen MR) is 144 cm³/mol. The van der Waals surface area contributed by atoms with Gasteiger partial charge in [0, 0.05) is 35.8 Å². The molecule has 0 radical (unpaired) electrons. The minimum Gasteiger partial charge on any atom is -0.507 e. The molecule has 1 N–H and O–H groups in total. The highest BCUT2D eigenvalue weighted by atomic mass is 32.1. The molecule has 0 saturated carbocycles. The summed E-state index contributed by atoms with van der Waals surface area (Å²) in [6, 6.07) is 22.4. The number of aromatic hydroxyl groups is 1. The van der Waals surface area contributed by atoms with Gasteiger partial charge in [-0.3, -0.25) is 0 Å². The zero-order valence-electron chi connectivity index (χ0n) is 19.8. The average molecular weight is 471 g/mol.